The molecule has 1 saturated heterocycles. The lowest BCUT2D eigenvalue weighted by molar-refractivity contribution is 0.571. The first-order chi connectivity index (χ1) is 13.5. The zero-order chi connectivity index (χ0) is 19.8. The van der Waals surface area contributed by atoms with Gasteiger partial charge in [0.1, 0.15) is 0 Å². The second-order valence-corrected chi connectivity index (χ2v) is 6.93. The molecular formula is C19H21N7O2. The number of imidazole rings is 1. The van der Waals surface area contributed by atoms with Gasteiger partial charge >= 0.3 is 5.69 Å². The summed E-state index contributed by atoms with van der Waals surface area (Å²) in [5.74, 6) is 0.664. The summed E-state index contributed by atoms with van der Waals surface area (Å²) in [6, 6.07) is 9.44. The molecule has 0 aliphatic carbocycles. The Morgan fingerprint density at radius 1 is 1.18 bits per heavy atom. The van der Waals surface area contributed by atoms with E-state index in [4.69, 9.17) is 0 Å². The standard InChI is InChI=1S/C19H21N7O2/c1-23-16-15(17(27)24(2)19(23)28)26(12-14-5-3-4-13(10-14)11-20)18(22-16)25-8-6-21-7-9-25/h3-5,10,21H,6-9,12H2,1-2H3. The van der Waals surface area contributed by atoms with Gasteiger partial charge in [0.15, 0.2) is 11.2 Å². The maximum atomic E-state index is 12.9. The summed E-state index contributed by atoms with van der Waals surface area (Å²) in [7, 11) is 3.10. The van der Waals surface area contributed by atoms with Crippen molar-refractivity contribution in [3.8, 4) is 6.07 Å². The lowest BCUT2D eigenvalue weighted by Gasteiger charge is -2.28. The quantitative estimate of drug-likeness (QED) is 0.674. The molecule has 0 unspecified atom stereocenters. The second kappa shape index (κ2) is 6.98. The van der Waals surface area contributed by atoms with Crippen molar-refractivity contribution in [1.82, 2.24) is 24.0 Å². The first kappa shape index (κ1) is 18.0. The van der Waals surface area contributed by atoms with E-state index in [0.29, 0.717) is 29.2 Å². The number of piperazine rings is 1. The van der Waals surface area contributed by atoms with Gasteiger partial charge in [-0.25, -0.2) is 4.79 Å². The summed E-state index contributed by atoms with van der Waals surface area (Å²) in [6.45, 7) is 3.55. The number of hydrogen-bond donors (Lipinski definition) is 1. The van der Waals surface area contributed by atoms with Crippen molar-refractivity contribution >= 4 is 17.1 Å². The van der Waals surface area contributed by atoms with Crippen molar-refractivity contribution in [3.05, 3.63) is 56.2 Å². The Hall–Kier alpha value is -3.38. The number of hydrogen-bond acceptors (Lipinski definition) is 6. The number of nitrogens with zero attached hydrogens (tertiary/aromatic N) is 6. The molecule has 1 N–H and O–H groups in total. The van der Waals surface area contributed by atoms with Gasteiger partial charge in [0.25, 0.3) is 5.56 Å². The van der Waals surface area contributed by atoms with Crippen LogP contribution in [0.5, 0.6) is 0 Å². The van der Waals surface area contributed by atoms with Crippen LogP contribution < -0.4 is 21.5 Å². The molecule has 0 spiro atoms. The summed E-state index contributed by atoms with van der Waals surface area (Å²) in [5, 5.41) is 12.5. The summed E-state index contributed by atoms with van der Waals surface area (Å²) in [6.07, 6.45) is 0. The molecule has 2 aromatic heterocycles. The molecule has 9 heteroatoms. The van der Waals surface area contributed by atoms with E-state index in [1.807, 2.05) is 16.7 Å². The fourth-order valence-electron chi connectivity index (χ4n) is 3.61. The third-order valence-corrected chi connectivity index (χ3v) is 5.12. The fourth-order valence-corrected chi connectivity index (χ4v) is 3.61. The van der Waals surface area contributed by atoms with E-state index in [2.05, 4.69) is 21.3 Å². The molecule has 1 aliphatic rings. The van der Waals surface area contributed by atoms with E-state index < -0.39 is 5.69 Å². The average molecular weight is 379 g/mol. The number of nitriles is 1. The third kappa shape index (κ3) is 2.88. The Morgan fingerprint density at radius 2 is 1.93 bits per heavy atom. The lowest BCUT2D eigenvalue weighted by Crippen LogP contribution is -2.44. The van der Waals surface area contributed by atoms with Crippen LogP contribution in [-0.2, 0) is 20.6 Å². The normalized spacial score (nSPS) is 14.4. The minimum absolute atomic E-state index is 0.372. The maximum absolute atomic E-state index is 12.9. The van der Waals surface area contributed by atoms with Gasteiger partial charge in [0.2, 0.25) is 5.95 Å². The molecule has 0 amide bonds. The van der Waals surface area contributed by atoms with Crippen LogP contribution in [0.4, 0.5) is 5.95 Å². The van der Waals surface area contributed by atoms with Gasteiger partial charge in [-0.15, -0.1) is 0 Å². The minimum atomic E-state index is -0.402. The number of fused-ring (bicyclic) bond motifs is 1. The molecule has 0 radical (unpaired) electrons. The van der Waals surface area contributed by atoms with Crippen LogP contribution >= 0.6 is 0 Å². The van der Waals surface area contributed by atoms with Gasteiger partial charge in [0.05, 0.1) is 18.2 Å². The van der Waals surface area contributed by atoms with Gasteiger partial charge in [-0.05, 0) is 17.7 Å². The number of nitrogens with one attached hydrogen (secondary N) is 1. The molecule has 144 valence electrons. The predicted molar refractivity (Wildman–Crippen MR) is 106 cm³/mol. The molecular weight excluding hydrogens is 358 g/mol. The Kier molecular flexibility index (Phi) is 4.49. The Balaban J connectivity index is 1.96. The van der Waals surface area contributed by atoms with Crippen LogP contribution in [0.25, 0.3) is 11.2 Å². The highest BCUT2D eigenvalue weighted by atomic mass is 16.2. The van der Waals surface area contributed by atoms with Gasteiger partial charge in [-0.3, -0.25) is 18.5 Å². The molecule has 3 heterocycles. The van der Waals surface area contributed by atoms with Gasteiger partial charge in [-0.1, -0.05) is 12.1 Å². The molecule has 1 aromatic carbocycles. The average Bonchev–Trinajstić information content (AvgIpc) is 3.10. The van der Waals surface area contributed by atoms with Crippen LogP contribution in [0.2, 0.25) is 0 Å². The predicted octanol–water partition coefficient (Wildman–Crippen LogP) is -0.237. The third-order valence-electron chi connectivity index (χ3n) is 5.12. The molecule has 0 saturated carbocycles. The molecule has 0 bridgehead atoms. The molecule has 1 fully saturated rings. The van der Waals surface area contributed by atoms with Crippen molar-refractivity contribution < 1.29 is 0 Å². The van der Waals surface area contributed by atoms with Gasteiger partial charge in [-0.2, -0.15) is 10.2 Å². The van der Waals surface area contributed by atoms with Crippen molar-refractivity contribution in [2.24, 2.45) is 14.1 Å². The van der Waals surface area contributed by atoms with Crippen LogP contribution in [0.15, 0.2) is 33.9 Å². The molecule has 3 aromatic rings. The van der Waals surface area contributed by atoms with Crippen LogP contribution in [0.1, 0.15) is 11.1 Å². The maximum Gasteiger partial charge on any atom is 0.332 e. The number of benzene rings is 1. The molecule has 0 atom stereocenters. The van der Waals surface area contributed by atoms with E-state index in [9.17, 15) is 14.9 Å². The lowest BCUT2D eigenvalue weighted by atomic mass is 10.1. The van der Waals surface area contributed by atoms with Crippen LogP contribution in [0.3, 0.4) is 0 Å². The molecule has 9 nitrogen and oxygen atoms in total. The Bertz CT molecular complexity index is 1210. The van der Waals surface area contributed by atoms with E-state index in [1.54, 1.807) is 19.2 Å². The summed E-state index contributed by atoms with van der Waals surface area (Å²) >= 11 is 0. The van der Waals surface area contributed by atoms with E-state index in [0.717, 1.165) is 36.3 Å². The summed E-state index contributed by atoms with van der Waals surface area (Å²) < 4.78 is 4.37. The topological polar surface area (TPSA) is 101 Å². The van der Waals surface area contributed by atoms with E-state index >= 15 is 0 Å². The van der Waals surface area contributed by atoms with Crippen molar-refractivity contribution in [3.63, 3.8) is 0 Å². The highest BCUT2D eigenvalue weighted by Gasteiger charge is 2.23. The van der Waals surface area contributed by atoms with Crippen LogP contribution in [0, 0.1) is 11.3 Å². The largest absolute Gasteiger partial charge is 0.340 e. The first-order valence-electron chi connectivity index (χ1n) is 9.12. The fraction of sp³-hybridized carbons (Fsp3) is 0.368. The molecule has 28 heavy (non-hydrogen) atoms. The minimum Gasteiger partial charge on any atom is -0.340 e. The van der Waals surface area contributed by atoms with Crippen molar-refractivity contribution in [1.29, 1.82) is 5.26 Å². The van der Waals surface area contributed by atoms with Crippen molar-refractivity contribution in [2.75, 3.05) is 31.1 Å². The number of aryl methyl sites for hydroxylation is 1. The van der Waals surface area contributed by atoms with Gasteiger partial charge in [0, 0.05) is 40.3 Å². The zero-order valence-corrected chi connectivity index (χ0v) is 15.8. The number of rotatable bonds is 3. The van der Waals surface area contributed by atoms with Crippen molar-refractivity contribution in [2.45, 2.75) is 6.54 Å². The molecule has 1 aliphatic heterocycles. The number of aromatic nitrogens is 4. The second-order valence-electron chi connectivity index (χ2n) is 6.93. The Morgan fingerprint density at radius 3 is 2.64 bits per heavy atom. The zero-order valence-electron chi connectivity index (χ0n) is 15.8. The first-order valence-corrected chi connectivity index (χ1v) is 9.12. The van der Waals surface area contributed by atoms with Gasteiger partial charge < -0.3 is 10.2 Å². The molecule has 4 rings (SSSR count). The van der Waals surface area contributed by atoms with E-state index in [-0.39, 0.29) is 5.56 Å². The monoisotopic (exact) mass is 379 g/mol. The smallest absolute Gasteiger partial charge is 0.332 e. The highest BCUT2D eigenvalue weighted by Crippen LogP contribution is 2.22. The van der Waals surface area contributed by atoms with E-state index in [1.165, 1.54) is 11.6 Å². The Labute approximate surface area is 161 Å². The summed E-state index contributed by atoms with van der Waals surface area (Å²) in [5.41, 5.74) is 1.44. The highest BCUT2D eigenvalue weighted by molar-refractivity contribution is 5.75. The SMILES string of the molecule is Cn1c(=O)c2c(nc(N3CCNCC3)n2Cc2cccc(C#N)c2)n(C)c1=O. The number of anilines is 1. The summed E-state index contributed by atoms with van der Waals surface area (Å²) in [4.78, 5) is 32.1. The van der Waals surface area contributed by atoms with Crippen LogP contribution in [-0.4, -0.2) is 44.9 Å².